The Morgan fingerprint density at radius 2 is 1.88 bits per heavy atom. The van der Waals surface area contributed by atoms with Gasteiger partial charge in [0, 0.05) is 21.9 Å². The second-order valence-corrected chi connectivity index (χ2v) is 4.86. The zero-order valence-electron chi connectivity index (χ0n) is 9.39. The van der Waals surface area contributed by atoms with E-state index in [1.54, 1.807) is 0 Å². The summed E-state index contributed by atoms with van der Waals surface area (Å²) in [5.74, 6) is 0. The molecule has 0 saturated carbocycles. The maximum Gasteiger partial charge on any atom is 0.137 e. The van der Waals surface area contributed by atoms with Crippen LogP contribution in [0.4, 0.5) is 0 Å². The van der Waals surface area contributed by atoms with Crippen LogP contribution in [0.15, 0.2) is 53.1 Å². The second kappa shape index (κ2) is 4.00. The monoisotopic (exact) mass is 286 g/mol. The van der Waals surface area contributed by atoms with Crippen LogP contribution in [0.3, 0.4) is 0 Å². The minimum atomic E-state index is 0.982. The molecule has 0 aliphatic carbocycles. The number of hydrogen-bond acceptors (Lipinski definition) is 1. The van der Waals surface area contributed by atoms with Gasteiger partial charge in [-0.3, -0.25) is 0 Å². The van der Waals surface area contributed by atoms with E-state index in [9.17, 15) is 0 Å². The van der Waals surface area contributed by atoms with Gasteiger partial charge in [-0.15, -0.1) is 0 Å². The van der Waals surface area contributed by atoms with E-state index in [4.69, 9.17) is 0 Å². The number of benzene rings is 1. The normalized spacial score (nSPS) is 10.9. The summed E-state index contributed by atoms with van der Waals surface area (Å²) in [5, 5.41) is 0. The Hall–Kier alpha value is -1.61. The number of halogens is 1. The molecule has 0 aliphatic heterocycles. The molecule has 2 heterocycles. The number of aromatic nitrogens is 2. The number of rotatable bonds is 1. The molecular weight excluding hydrogens is 276 g/mol. The third-order valence-corrected chi connectivity index (χ3v) is 3.54. The summed E-state index contributed by atoms with van der Waals surface area (Å²) in [6, 6.07) is 14.3. The van der Waals surface area contributed by atoms with E-state index in [1.807, 2.05) is 30.3 Å². The lowest BCUT2D eigenvalue weighted by atomic mass is 10.2. The first kappa shape index (κ1) is 10.5. The van der Waals surface area contributed by atoms with Gasteiger partial charge in [-0.05, 0) is 25.1 Å². The molecule has 3 rings (SSSR count). The minimum Gasteiger partial charge on any atom is -0.304 e. The Bertz CT molecular complexity index is 686. The second-order valence-electron chi connectivity index (χ2n) is 4.00. The first-order chi connectivity index (χ1) is 8.25. The van der Waals surface area contributed by atoms with Crippen LogP contribution in [0.25, 0.3) is 16.9 Å². The molecule has 3 heteroatoms. The van der Waals surface area contributed by atoms with Crippen LogP contribution in [-0.2, 0) is 0 Å². The van der Waals surface area contributed by atoms with Crippen molar-refractivity contribution in [2.75, 3.05) is 0 Å². The smallest absolute Gasteiger partial charge is 0.137 e. The fourth-order valence-corrected chi connectivity index (χ4v) is 2.43. The molecule has 0 amide bonds. The van der Waals surface area contributed by atoms with Crippen molar-refractivity contribution in [2.45, 2.75) is 6.92 Å². The highest BCUT2D eigenvalue weighted by atomic mass is 79.9. The van der Waals surface area contributed by atoms with Crippen LogP contribution >= 0.6 is 15.9 Å². The highest BCUT2D eigenvalue weighted by Crippen LogP contribution is 2.27. The van der Waals surface area contributed by atoms with Gasteiger partial charge in [0.1, 0.15) is 5.65 Å². The van der Waals surface area contributed by atoms with Gasteiger partial charge in [-0.2, -0.15) is 0 Å². The molecule has 0 radical (unpaired) electrons. The van der Waals surface area contributed by atoms with Crippen molar-refractivity contribution in [2.24, 2.45) is 0 Å². The Labute approximate surface area is 108 Å². The van der Waals surface area contributed by atoms with Gasteiger partial charge in [-0.1, -0.05) is 40.2 Å². The quantitative estimate of drug-likeness (QED) is 0.659. The Kier molecular flexibility index (Phi) is 2.48. The number of pyridine rings is 1. The zero-order chi connectivity index (χ0) is 11.8. The number of imidazole rings is 1. The van der Waals surface area contributed by atoms with Crippen LogP contribution in [0.2, 0.25) is 0 Å². The molecule has 0 bridgehead atoms. The van der Waals surface area contributed by atoms with E-state index in [1.165, 1.54) is 5.69 Å². The van der Waals surface area contributed by atoms with E-state index in [0.29, 0.717) is 0 Å². The maximum atomic E-state index is 4.64. The average Bonchev–Trinajstić information content (AvgIpc) is 2.75. The molecule has 0 fully saturated rings. The largest absolute Gasteiger partial charge is 0.304 e. The number of aryl methyl sites for hydroxylation is 1. The fourth-order valence-electron chi connectivity index (χ4n) is 1.95. The molecular formula is C14H11BrN2. The first-order valence-electron chi connectivity index (χ1n) is 5.45. The number of fused-ring (bicyclic) bond motifs is 1. The van der Waals surface area contributed by atoms with E-state index in [2.05, 4.69) is 50.6 Å². The van der Waals surface area contributed by atoms with Gasteiger partial charge in [0.15, 0.2) is 0 Å². The SMILES string of the molecule is Cc1cccc2nc(-c3ccccc3Br)cn12. The average molecular weight is 287 g/mol. The van der Waals surface area contributed by atoms with Crippen molar-refractivity contribution >= 4 is 21.6 Å². The fraction of sp³-hybridized carbons (Fsp3) is 0.0714. The number of hydrogen-bond donors (Lipinski definition) is 0. The molecule has 2 aromatic heterocycles. The standard InChI is InChI=1S/C14H11BrN2/c1-10-5-4-8-14-16-13(9-17(10)14)11-6-2-3-7-12(11)15/h2-9H,1H3. The van der Waals surface area contributed by atoms with Crippen molar-refractivity contribution in [3.05, 3.63) is 58.8 Å². The van der Waals surface area contributed by atoms with Crippen molar-refractivity contribution in [1.29, 1.82) is 0 Å². The summed E-state index contributed by atoms with van der Waals surface area (Å²) < 4.78 is 3.18. The lowest BCUT2D eigenvalue weighted by Crippen LogP contribution is -1.86. The van der Waals surface area contributed by atoms with E-state index >= 15 is 0 Å². The molecule has 1 aromatic carbocycles. The van der Waals surface area contributed by atoms with Gasteiger partial charge in [0.2, 0.25) is 0 Å². The molecule has 2 nitrogen and oxygen atoms in total. The summed E-state index contributed by atoms with van der Waals surface area (Å²) in [6.45, 7) is 2.08. The van der Waals surface area contributed by atoms with Crippen LogP contribution in [0.5, 0.6) is 0 Å². The minimum absolute atomic E-state index is 0.982. The third kappa shape index (κ3) is 1.76. The van der Waals surface area contributed by atoms with E-state index < -0.39 is 0 Å². The predicted octanol–water partition coefficient (Wildman–Crippen LogP) is 4.07. The Morgan fingerprint density at radius 1 is 1.06 bits per heavy atom. The van der Waals surface area contributed by atoms with Crippen LogP contribution in [0.1, 0.15) is 5.69 Å². The molecule has 84 valence electrons. The summed E-state index contributed by atoms with van der Waals surface area (Å²) >= 11 is 3.56. The highest BCUT2D eigenvalue weighted by Gasteiger charge is 2.07. The molecule has 0 unspecified atom stereocenters. The van der Waals surface area contributed by atoms with Crippen LogP contribution < -0.4 is 0 Å². The van der Waals surface area contributed by atoms with Crippen molar-refractivity contribution in [1.82, 2.24) is 9.38 Å². The van der Waals surface area contributed by atoms with E-state index in [-0.39, 0.29) is 0 Å². The zero-order valence-corrected chi connectivity index (χ0v) is 11.0. The van der Waals surface area contributed by atoms with Crippen molar-refractivity contribution in [3.8, 4) is 11.3 Å². The van der Waals surface area contributed by atoms with Gasteiger partial charge >= 0.3 is 0 Å². The Balaban J connectivity index is 2.26. The lowest BCUT2D eigenvalue weighted by Gasteiger charge is -1.98. The van der Waals surface area contributed by atoms with Gasteiger partial charge < -0.3 is 4.40 Å². The molecule has 0 aliphatic rings. The Morgan fingerprint density at radius 3 is 2.65 bits per heavy atom. The first-order valence-corrected chi connectivity index (χ1v) is 6.24. The topological polar surface area (TPSA) is 17.3 Å². The van der Waals surface area contributed by atoms with Crippen molar-refractivity contribution < 1.29 is 0 Å². The summed E-state index contributed by atoms with van der Waals surface area (Å²) in [6.07, 6.45) is 2.07. The summed E-state index contributed by atoms with van der Waals surface area (Å²) in [4.78, 5) is 4.64. The van der Waals surface area contributed by atoms with Crippen LogP contribution in [0, 0.1) is 6.92 Å². The molecule has 0 spiro atoms. The summed E-state index contributed by atoms with van der Waals surface area (Å²) in [5.41, 5.74) is 4.28. The van der Waals surface area contributed by atoms with E-state index in [0.717, 1.165) is 21.4 Å². The summed E-state index contributed by atoms with van der Waals surface area (Å²) in [7, 11) is 0. The predicted molar refractivity (Wildman–Crippen MR) is 73.1 cm³/mol. The third-order valence-electron chi connectivity index (χ3n) is 2.85. The molecule has 0 saturated heterocycles. The van der Waals surface area contributed by atoms with Crippen molar-refractivity contribution in [3.63, 3.8) is 0 Å². The lowest BCUT2D eigenvalue weighted by molar-refractivity contribution is 1.09. The molecule has 17 heavy (non-hydrogen) atoms. The molecule has 0 N–H and O–H groups in total. The highest BCUT2D eigenvalue weighted by molar-refractivity contribution is 9.10. The van der Waals surface area contributed by atoms with Gasteiger partial charge in [0.25, 0.3) is 0 Å². The van der Waals surface area contributed by atoms with Crippen LogP contribution in [-0.4, -0.2) is 9.38 Å². The number of nitrogens with zero attached hydrogens (tertiary/aromatic N) is 2. The molecule has 3 aromatic rings. The molecule has 0 atom stereocenters. The van der Waals surface area contributed by atoms with Gasteiger partial charge in [0.05, 0.1) is 5.69 Å². The maximum absolute atomic E-state index is 4.64. The van der Waals surface area contributed by atoms with Gasteiger partial charge in [-0.25, -0.2) is 4.98 Å².